The maximum Gasteiger partial charge on any atom is 0.304 e. The van der Waals surface area contributed by atoms with Gasteiger partial charge in [-0.15, -0.1) is 0 Å². The summed E-state index contributed by atoms with van der Waals surface area (Å²) in [7, 11) is 2.10. The predicted octanol–water partition coefficient (Wildman–Crippen LogP) is 2.19. The fourth-order valence-corrected chi connectivity index (χ4v) is 3.78. The van der Waals surface area contributed by atoms with Crippen molar-refractivity contribution < 1.29 is 22.7 Å². The van der Waals surface area contributed by atoms with Crippen LogP contribution in [0, 0.1) is 0 Å². The lowest BCUT2D eigenvalue weighted by molar-refractivity contribution is -0.120. The first-order chi connectivity index (χ1) is 13.7. The third-order valence-electron chi connectivity index (χ3n) is 4.36. The van der Waals surface area contributed by atoms with E-state index < -0.39 is 16.1 Å². The van der Waals surface area contributed by atoms with E-state index in [1.54, 1.807) is 49.6 Å². The number of carbonyl (C=O) groups is 1. The smallest absolute Gasteiger partial charge is 0.304 e. The Balaban J connectivity index is 2.20. The summed E-state index contributed by atoms with van der Waals surface area (Å²) in [6.45, 7) is 1.47. The molecule has 0 radical (unpaired) electrons. The van der Waals surface area contributed by atoms with Gasteiger partial charge in [0.15, 0.2) is 11.5 Å². The third kappa shape index (κ3) is 5.39. The predicted molar refractivity (Wildman–Crippen MR) is 112 cm³/mol. The Morgan fingerprint density at radius 2 is 1.66 bits per heavy atom. The molecular weight excluding hydrogens is 394 g/mol. The first kappa shape index (κ1) is 22.5. The van der Waals surface area contributed by atoms with Gasteiger partial charge in [0.25, 0.3) is 0 Å². The number of nitrogens with zero attached hydrogens (tertiary/aromatic N) is 2. The number of anilines is 1. The molecule has 0 unspecified atom stereocenters. The number of hydrogen-bond acceptors (Lipinski definition) is 5. The number of rotatable bonds is 9. The van der Waals surface area contributed by atoms with Gasteiger partial charge in [-0.25, -0.2) is 4.31 Å². The molecule has 0 spiro atoms. The molecule has 29 heavy (non-hydrogen) atoms. The fraction of sp³-hybridized carbons (Fsp3) is 0.350. The van der Waals surface area contributed by atoms with E-state index in [1.807, 2.05) is 13.0 Å². The molecule has 2 aromatic carbocycles. The lowest BCUT2D eigenvalue weighted by atomic mass is 10.1. The van der Waals surface area contributed by atoms with Crippen molar-refractivity contribution in [1.29, 1.82) is 0 Å². The maximum absolute atomic E-state index is 12.7. The Morgan fingerprint density at radius 3 is 2.21 bits per heavy atom. The monoisotopic (exact) mass is 421 g/mol. The molecule has 0 aliphatic heterocycles. The van der Waals surface area contributed by atoms with Crippen LogP contribution in [0.1, 0.15) is 18.5 Å². The van der Waals surface area contributed by atoms with E-state index >= 15 is 0 Å². The van der Waals surface area contributed by atoms with Crippen molar-refractivity contribution in [3.8, 4) is 11.5 Å². The minimum absolute atomic E-state index is 0.345. The molecule has 0 aliphatic carbocycles. The van der Waals surface area contributed by atoms with Crippen molar-refractivity contribution in [2.45, 2.75) is 13.0 Å². The molecule has 1 N–H and O–H groups in total. The van der Waals surface area contributed by atoms with Crippen LogP contribution >= 0.6 is 0 Å². The van der Waals surface area contributed by atoms with Gasteiger partial charge in [-0.2, -0.15) is 12.7 Å². The molecule has 158 valence electrons. The van der Waals surface area contributed by atoms with Crippen LogP contribution in [0.15, 0.2) is 48.5 Å². The van der Waals surface area contributed by atoms with Crippen LogP contribution in [0.4, 0.5) is 5.69 Å². The Bertz CT molecular complexity index is 932. The van der Waals surface area contributed by atoms with Gasteiger partial charge < -0.3 is 14.8 Å². The van der Waals surface area contributed by atoms with Crippen LogP contribution in [-0.4, -0.2) is 53.5 Å². The van der Waals surface area contributed by atoms with Crippen LogP contribution in [0.2, 0.25) is 0 Å². The van der Waals surface area contributed by atoms with Gasteiger partial charge in [0.1, 0.15) is 6.54 Å². The van der Waals surface area contributed by atoms with Gasteiger partial charge in [0.05, 0.1) is 25.9 Å². The topological polar surface area (TPSA) is 88.2 Å². The second-order valence-electron chi connectivity index (χ2n) is 6.54. The van der Waals surface area contributed by atoms with E-state index in [4.69, 9.17) is 9.47 Å². The van der Waals surface area contributed by atoms with Crippen molar-refractivity contribution in [1.82, 2.24) is 9.62 Å². The summed E-state index contributed by atoms with van der Waals surface area (Å²) in [6.07, 6.45) is 0. The van der Waals surface area contributed by atoms with E-state index in [9.17, 15) is 13.2 Å². The van der Waals surface area contributed by atoms with Crippen LogP contribution in [-0.2, 0) is 15.0 Å². The number of benzene rings is 2. The molecule has 2 rings (SSSR count). The summed E-state index contributed by atoms with van der Waals surface area (Å²) in [5.41, 5.74) is 1.22. The van der Waals surface area contributed by atoms with Crippen LogP contribution in [0.5, 0.6) is 11.5 Å². The highest BCUT2D eigenvalue weighted by Gasteiger charge is 2.27. The van der Waals surface area contributed by atoms with E-state index in [1.165, 1.54) is 21.2 Å². The van der Waals surface area contributed by atoms with E-state index in [0.717, 1.165) is 14.2 Å². The number of amides is 1. The van der Waals surface area contributed by atoms with Gasteiger partial charge in [0, 0.05) is 14.1 Å². The first-order valence-corrected chi connectivity index (χ1v) is 10.4. The van der Waals surface area contributed by atoms with Gasteiger partial charge >= 0.3 is 10.2 Å². The summed E-state index contributed by atoms with van der Waals surface area (Å²) >= 11 is 0. The van der Waals surface area contributed by atoms with Gasteiger partial charge in [0.2, 0.25) is 5.91 Å². The van der Waals surface area contributed by atoms with Gasteiger partial charge in [-0.3, -0.25) is 4.79 Å². The number of methoxy groups -OCH3 is 2. The minimum atomic E-state index is -3.84. The van der Waals surface area contributed by atoms with Crippen molar-refractivity contribution in [3.05, 3.63) is 54.1 Å². The van der Waals surface area contributed by atoms with E-state index in [0.29, 0.717) is 17.2 Å². The molecule has 8 nitrogen and oxygen atoms in total. The van der Waals surface area contributed by atoms with Crippen LogP contribution in [0.3, 0.4) is 0 Å². The second-order valence-corrected chi connectivity index (χ2v) is 8.60. The highest BCUT2D eigenvalue weighted by molar-refractivity contribution is 7.90. The summed E-state index contributed by atoms with van der Waals surface area (Å²) in [6, 6.07) is 13.5. The highest BCUT2D eigenvalue weighted by atomic mass is 32.2. The number of nitrogens with one attached hydrogen (secondary N) is 1. The van der Waals surface area contributed by atoms with E-state index in [2.05, 4.69) is 5.32 Å². The Kier molecular flexibility index (Phi) is 7.46. The largest absolute Gasteiger partial charge is 0.493 e. The molecule has 0 bridgehead atoms. The summed E-state index contributed by atoms with van der Waals surface area (Å²) in [4.78, 5) is 12.7. The summed E-state index contributed by atoms with van der Waals surface area (Å²) < 4.78 is 38.1. The minimum Gasteiger partial charge on any atom is -0.493 e. The molecular formula is C20H27N3O5S. The number of carbonyl (C=O) groups excluding carboxylic acids is 1. The Hall–Kier alpha value is -2.78. The Labute approximate surface area is 172 Å². The molecule has 9 heteroatoms. The molecule has 0 aliphatic rings. The molecule has 1 atom stereocenters. The fourth-order valence-electron chi connectivity index (χ4n) is 2.72. The average molecular weight is 422 g/mol. The molecule has 2 aromatic rings. The second kappa shape index (κ2) is 9.62. The molecule has 0 saturated heterocycles. The summed E-state index contributed by atoms with van der Waals surface area (Å²) in [5, 5.41) is 2.84. The molecule has 1 amide bonds. The standard InChI is InChI=1S/C20H27N3O5S/c1-15(16-11-12-18(27-4)19(13-16)28-5)21-20(24)14-23(29(25,26)22(2)3)17-9-7-6-8-10-17/h6-13,15H,14H2,1-5H3,(H,21,24)/t15-/m1/s1. The zero-order valence-corrected chi connectivity index (χ0v) is 18.1. The molecule has 0 saturated carbocycles. The average Bonchev–Trinajstić information content (AvgIpc) is 2.71. The van der Waals surface area contributed by atoms with Crippen LogP contribution in [0.25, 0.3) is 0 Å². The van der Waals surface area contributed by atoms with Crippen molar-refractivity contribution >= 4 is 21.8 Å². The van der Waals surface area contributed by atoms with Gasteiger partial charge in [-0.1, -0.05) is 24.3 Å². The first-order valence-electron chi connectivity index (χ1n) is 8.97. The van der Waals surface area contributed by atoms with Crippen molar-refractivity contribution in [2.75, 3.05) is 39.2 Å². The number of para-hydroxylation sites is 1. The zero-order valence-electron chi connectivity index (χ0n) is 17.2. The summed E-state index contributed by atoms with van der Waals surface area (Å²) in [5.74, 6) is 0.705. The SMILES string of the molecule is COc1ccc([C@@H](C)NC(=O)CN(c2ccccc2)S(=O)(=O)N(C)C)cc1OC. The molecule has 0 aromatic heterocycles. The van der Waals surface area contributed by atoms with Crippen molar-refractivity contribution in [3.63, 3.8) is 0 Å². The highest BCUT2D eigenvalue weighted by Crippen LogP contribution is 2.30. The normalized spacial score (nSPS) is 12.3. The molecule has 0 heterocycles. The lowest BCUT2D eigenvalue weighted by Gasteiger charge is -2.27. The number of ether oxygens (including phenoxy) is 2. The molecule has 0 fully saturated rings. The van der Waals surface area contributed by atoms with Crippen LogP contribution < -0.4 is 19.1 Å². The Morgan fingerprint density at radius 1 is 1.03 bits per heavy atom. The van der Waals surface area contributed by atoms with E-state index in [-0.39, 0.29) is 12.6 Å². The maximum atomic E-state index is 12.7. The third-order valence-corrected chi connectivity index (χ3v) is 6.18. The quantitative estimate of drug-likeness (QED) is 0.671. The number of hydrogen-bond donors (Lipinski definition) is 1. The van der Waals surface area contributed by atoms with Gasteiger partial charge in [-0.05, 0) is 36.8 Å². The van der Waals surface area contributed by atoms with Crippen molar-refractivity contribution in [2.24, 2.45) is 0 Å². The lowest BCUT2D eigenvalue weighted by Crippen LogP contribution is -2.46. The zero-order chi connectivity index (χ0) is 21.6.